The molecule has 5 heterocycles. The molecule has 34 heavy (non-hydrogen) atoms. The molecule has 3 aromatic heterocycles. The average molecular weight is 487 g/mol. The van der Waals surface area contributed by atoms with Gasteiger partial charge in [-0.25, -0.2) is 14.1 Å². The van der Waals surface area contributed by atoms with Gasteiger partial charge in [-0.2, -0.15) is 10.4 Å². The molecule has 2 saturated heterocycles. The maximum Gasteiger partial charge on any atom is 0.475 e. The highest BCUT2D eigenvalue weighted by atomic mass is 31.2. The van der Waals surface area contributed by atoms with Crippen molar-refractivity contribution in [3.63, 3.8) is 0 Å². The van der Waals surface area contributed by atoms with Gasteiger partial charge in [0.2, 0.25) is 5.60 Å². The number of pyridine rings is 1. The smallest absolute Gasteiger partial charge is 0.387 e. The van der Waals surface area contributed by atoms with Crippen LogP contribution in [-0.4, -0.2) is 61.3 Å². The fourth-order valence-electron chi connectivity index (χ4n) is 4.20. The van der Waals surface area contributed by atoms with Crippen LogP contribution in [0.15, 0.2) is 43.0 Å². The second-order valence-electron chi connectivity index (χ2n) is 8.04. The molecule has 13 heteroatoms. The lowest BCUT2D eigenvalue weighted by Crippen LogP contribution is -2.41. The standard InChI is InChI=1S/C21H22N5O7P/c1-13-15-2-3-18(26(15)25-12-24-13)21(11-22)20(28)19(27)17(32-21)10-31-34(29)30-9-6-16(33-34)14-4-7-23-8-5-14/h2-5,7-8,12,16-17,19-20,27-28H,6,9-10H2,1H3/t16-,17+,19+,20+,21-,34+/m0/s1. The number of phosphoric ester groups is 1. The van der Waals surface area contributed by atoms with E-state index in [2.05, 4.69) is 15.1 Å². The number of aryl methyl sites for hydroxylation is 1. The Morgan fingerprint density at radius 2 is 2.12 bits per heavy atom. The van der Waals surface area contributed by atoms with Crippen LogP contribution in [0.25, 0.3) is 5.52 Å². The Morgan fingerprint density at radius 1 is 1.32 bits per heavy atom. The summed E-state index contributed by atoms with van der Waals surface area (Å²) in [6.07, 6.45) is 0.139. The SMILES string of the molecule is Cc1ncnn2c([C@]3(C#N)O[C@H](CO[P@@]4(=O)OCC[C@@H](c5ccncc5)O4)[C@@H](O)[C@H]3O)ccc12. The van der Waals surface area contributed by atoms with Crippen molar-refractivity contribution >= 4 is 13.3 Å². The van der Waals surface area contributed by atoms with Crippen LogP contribution in [0, 0.1) is 18.3 Å². The van der Waals surface area contributed by atoms with Crippen LogP contribution in [0.1, 0.15) is 29.5 Å². The molecule has 2 aliphatic rings. The molecule has 0 spiro atoms. The number of aliphatic hydroxyl groups excluding tert-OH is 2. The number of phosphoric acid groups is 1. The van der Waals surface area contributed by atoms with E-state index in [1.54, 1.807) is 43.6 Å². The molecule has 6 atom stereocenters. The van der Waals surface area contributed by atoms with Gasteiger partial charge < -0.3 is 14.9 Å². The first kappa shape index (κ1) is 23.0. The van der Waals surface area contributed by atoms with Crippen LogP contribution in [0.3, 0.4) is 0 Å². The summed E-state index contributed by atoms with van der Waals surface area (Å²) in [5.74, 6) is 0. The van der Waals surface area contributed by atoms with E-state index >= 15 is 0 Å². The Balaban J connectivity index is 1.35. The summed E-state index contributed by atoms with van der Waals surface area (Å²) in [7, 11) is -3.99. The van der Waals surface area contributed by atoms with E-state index < -0.39 is 44.4 Å². The third-order valence-corrected chi connectivity index (χ3v) is 7.49. The van der Waals surface area contributed by atoms with Crippen LogP contribution in [0.5, 0.6) is 0 Å². The van der Waals surface area contributed by atoms with E-state index in [0.29, 0.717) is 17.6 Å². The highest BCUT2D eigenvalue weighted by Crippen LogP contribution is 2.57. The molecule has 178 valence electrons. The molecule has 0 aliphatic carbocycles. The first-order valence-corrected chi connectivity index (χ1v) is 12.1. The lowest BCUT2D eigenvalue weighted by atomic mass is 9.92. The van der Waals surface area contributed by atoms with Crippen molar-refractivity contribution in [2.24, 2.45) is 0 Å². The second kappa shape index (κ2) is 8.79. The van der Waals surface area contributed by atoms with E-state index in [0.717, 1.165) is 5.56 Å². The topological polar surface area (TPSA) is 161 Å². The van der Waals surface area contributed by atoms with Gasteiger partial charge in [0.1, 0.15) is 30.7 Å². The highest BCUT2D eigenvalue weighted by molar-refractivity contribution is 7.48. The molecule has 0 radical (unpaired) electrons. The first-order chi connectivity index (χ1) is 16.4. The number of nitrogens with zero attached hydrogens (tertiary/aromatic N) is 5. The van der Waals surface area contributed by atoms with E-state index in [-0.39, 0.29) is 12.3 Å². The number of hydrogen-bond acceptors (Lipinski definition) is 11. The maximum atomic E-state index is 13.1. The van der Waals surface area contributed by atoms with Gasteiger partial charge in [-0.1, -0.05) is 0 Å². The van der Waals surface area contributed by atoms with Gasteiger partial charge in [0.15, 0.2) is 0 Å². The van der Waals surface area contributed by atoms with Crippen LogP contribution >= 0.6 is 7.82 Å². The molecule has 12 nitrogen and oxygen atoms in total. The molecule has 0 bridgehead atoms. The molecule has 2 fully saturated rings. The van der Waals surface area contributed by atoms with Gasteiger partial charge in [0.05, 0.1) is 36.2 Å². The molecule has 5 rings (SSSR count). The van der Waals surface area contributed by atoms with Crippen molar-refractivity contribution in [1.29, 1.82) is 5.26 Å². The first-order valence-electron chi connectivity index (χ1n) is 10.6. The van der Waals surface area contributed by atoms with Gasteiger partial charge in [0.25, 0.3) is 0 Å². The van der Waals surface area contributed by atoms with Gasteiger partial charge in [0, 0.05) is 18.8 Å². The van der Waals surface area contributed by atoms with Crippen LogP contribution in [-0.2, 0) is 28.5 Å². The van der Waals surface area contributed by atoms with E-state index in [1.165, 1.54) is 10.8 Å². The Hall–Kier alpha value is -2.75. The van der Waals surface area contributed by atoms with Crippen molar-refractivity contribution in [2.75, 3.05) is 13.2 Å². The zero-order valence-electron chi connectivity index (χ0n) is 18.1. The largest absolute Gasteiger partial charge is 0.475 e. The minimum Gasteiger partial charge on any atom is -0.387 e. The third-order valence-electron chi connectivity index (χ3n) is 6.01. The molecule has 2 N–H and O–H groups in total. The number of ether oxygens (including phenoxy) is 1. The molecule has 3 aromatic rings. The van der Waals surface area contributed by atoms with Crippen LogP contribution in [0.4, 0.5) is 0 Å². The monoisotopic (exact) mass is 487 g/mol. The third kappa shape index (κ3) is 3.81. The Kier molecular flexibility index (Phi) is 5.95. The Labute approximate surface area is 194 Å². The summed E-state index contributed by atoms with van der Waals surface area (Å²) in [6, 6.07) is 8.73. The van der Waals surface area contributed by atoms with E-state index in [9.17, 15) is 20.0 Å². The van der Waals surface area contributed by atoms with Gasteiger partial charge in [-0.3, -0.25) is 18.6 Å². The number of nitriles is 1. The van der Waals surface area contributed by atoms with E-state index in [1.807, 2.05) is 6.07 Å². The Morgan fingerprint density at radius 3 is 2.88 bits per heavy atom. The summed E-state index contributed by atoms with van der Waals surface area (Å²) >= 11 is 0. The number of rotatable bonds is 5. The van der Waals surface area contributed by atoms with Crippen LogP contribution in [0.2, 0.25) is 0 Å². The van der Waals surface area contributed by atoms with Crippen molar-refractivity contribution in [2.45, 2.75) is 43.4 Å². The normalized spacial score (nSPS) is 33.7. The summed E-state index contributed by atoms with van der Waals surface area (Å²) < 4.78 is 36.7. The highest BCUT2D eigenvalue weighted by Gasteiger charge is 2.58. The Bertz CT molecular complexity index is 1280. The maximum absolute atomic E-state index is 13.1. The summed E-state index contributed by atoms with van der Waals surface area (Å²) in [5.41, 5.74) is 0.335. The average Bonchev–Trinajstić information content (AvgIpc) is 3.40. The summed E-state index contributed by atoms with van der Waals surface area (Å²) in [6.45, 7) is 1.47. The van der Waals surface area contributed by atoms with Crippen LogP contribution < -0.4 is 0 Å². The molecular weight excluding hydrogens is 465 g/mol. The summed E-state index contributed by atoms with van der Waals surface area (Å²) in [5, 5.41) is 35.6. The number of aromatic nitrogens is 4. The molecule has 0 aromatic carbocycles. The van der Waals surface area contributed by atoms with Crippen molar-refractivity contribution in [3.8, 4) is 6.07 Å². The molecule has 0 amide bonds. The molecule has 2 aliphatic heterocycles. The fraction of sp³-hybridized carbons (Fsp3) is 0.429. The quantitative estimate of drug-likeness (QED) is 0.503. The van der Waals surface area contributed by atoms with Crippen molar-refractivity contribution < 1.29 is 33.1 Å². The van der Waals surface area contributed by atoms with Gasteiger partial charge >= 0.3 is 7.82 Å². The predicted molar refractivity (Wildman–Crippen MR) is 114 cm³/mol. The molecular formula is C21H22N5O7P. The van der Waals surface area contributed by atoms with Gasteiger partial charge in [-0.15, -0.1) is 0 Å². The van der Waals surface area contributed by atoms with Gasteiger partial charge in [-0.05, 0) is 36.8 Å². The molecule has 0 saturated carbocycles. The van der Waals surface area contributed by atoms with E-state index in [4.69, 9.17) is 18.3 Å². The zero-order chi connectivity index (χ0) is 23.9. The predicted octanol–water partition coefficient (Wildman–Crippen LogP) is 1.58. The van der Waals surface area contributed by atoms with Crippen molar-refractivity contribution in [1.82, 2.24) is 19.6 Å². The second-order valence-corrected chi connectivity index (χ2v) is 9.66. The number of fused-ring (bicyclic) bond motifs is 1. The minimum absolute atomic E-state index is 0.137. The lowest BCUT2D eigenvalue weighted by molar-refractivity contribution is -0.0689. The fourth-order valence-corrected chi connectivity index (χ4v) is 5.60. The summed E-state index contributed by atoms with van der Waals surface area (Å²) in [4.78, 5) is 8.07. The lowest BCUT2D eigenvalue weighted by Gasteiger charge is -2.29. The number of hydrogen-bond donors (Lipinski definition) is 2. The molecule has 0 unspecified atom stereocenters. The minimum atomic E-state index is -3.99. The van der Waals surface area contributed by atoms with Crippen molar-refractivity contribution in [3.05, 3.63) is 59.9 Å². The zero-order valence-corrected chi connectivity index (χ0v) is 19.0. The number of aliphatic hydroxyl groups is 2.